The van der Waals surface area contributed by atoms with E-state index in [2.05, 4.69) is 4.72 Å². The van der Waals surface area contributed by atoms with E-state index in [0.29, 0.717) is 12.1 Å². The van der Waals surface area contributed by atoms with Crippen molar-refractivity contribution < 1.29 is 13.2 Å². The van der Waals surface area contributed by atoms with Crippen molar-refractivity contribution in [2.75, 3.05) is 6.54 Å². The molecule has 1 aliphatic carbocycles. The van der Waals surface area contributed by atoms with Gasteiger partial charge in [-0.05, 0) is 37.4 Å². The number of hydrogen-bond donors (Lipinski definition) is 2. The van der Waals surface area contributed by atoms with Crippen molar-refractivity contribution in [1.82, 2.24) is 4.72 Å². The predicted octanol–water partition coefficient (Wildman–Crippen LogP) is 3.14. The first-order valence-electron chi connectivity index (χ1n) is 8.94. The molecule has 0 amide bonds. The van der Waals surface area contributed by atoms with Gasteiger partial charge in [0.1, 0.15) is 0 Å². The maximum Gasteiger partial charge on any atom is 0.241 e. The van der Waals surface area contributed by atoms with Crippen molar-refractivity contribution in [3.8, 4) is 0 Å². The van der Waals surface area contributed by atoms with Crippen LogP contribution in [0.3, 0.4) is 0 Å². The summed E-state index contributed by atoms with van der Waals surface area (Å²) < 4.78 is 28.8. The molecule has 0 spiro atoms. The van der Waals surface area contributed by atoms with Gasteiger partial charge in [-0.3, -0.25) is 4.79 Å². The summed E-state index contributed by atoms with van der Waals surface area (Å²) in [4.78, 5) is 12.8. The van der Waals surface area contributed by atoms with Crippen LogP contribution in [-0.2, 0) is 10.0 Å². The minimum absolute atomic E-state index is 0. The average Bonchev–Trinajstić information content (AvgIpc) is 2.68. The van der Waals surface area contributed by atoms with Crippen LogP contribution in [0.2, 0.25) is 0 Å². The van der Waals surface area contributed by atoms with Gasteiger partial charge >= 0.3 is 0 Å². The Morgan fingerprint density at radius 1 is 1.00 bits per heavy atom. The first kappa shape index (κ1) is 21.6. The van der Waals surface area contributed by atoms with Crippen molar-refractivity contribution in [2.24, 2.45) is 11.7 Å². The number of sulfonamides is 1. The highest BCUT2D eigenvalue weighted by Crippen LogP contribution is 2.26. The molecule has 2 atom stereocenters. The van der Waals surface area contributed by atoms with E-state index in [1.165, 1.54) is 6.07 Å². The number of benzene rings is 2. The third-order valence-electron chi connectivity index (χ3n) is 4.98. The van der Waals surface area contributed by atoms with Crippen LogP contribution in [0.15, 0.2) is 59.5 Å². The van der Waals surface area contributed by atoms with Crippen LogP contribution >= 0.6 is 12.4 Å². The Morgan fingerprint density at radius 2 is 1.63 bits per heavy atom. The van der Waals surface area contributed by atoms with Crippen LogP contribution in [0.25, 0.3) is 0 Å². The third-order valence-corrected chi connectivity index (χ3v) is 6.52. The summed E-state index contributed by atoms with van der Waals surface area (Å²) >= 11 is 0. The van der Waals surface area contributed by atoms with Crippen molar-refractivity contribution in [2.45, 2.75) is 36.6 Å². The number of rotatable bonds is 6. The molecule has 1 fully saturated rings. The van der Waals surface area contributed by atoms with E-state index in [-0.39, 0.29) is 40.6 Å². The predicted molar refractivity (Wildman–Crippen MR) is 109 cm³/mol. The summed E-state index contributed by atoms with van der Waals surface area (Å²) in [5.74, 6) is -0.166. The molecule has 3 rings (SSSR count). The molecule has 0 bridgehead atoms. The van der Waals surface area contributed by atoms with E-state index in [1.807, 2.05) is 6.07 Å². The van der Waals surface area contributed by atoms with Gasteiger partial charge in [0.05, 0.1) is 4.90 Å². The Kier molecular flexibility index (Phi) is 7.56. The Labute approximate surface area is 166 Å². The molecular weight excluding hydrogens is 384 g/mol. The quantitative estimate of drug-likeness (QED) is 0.718. The fourth-order valence-electron chi connectivity index (χ4n) is 3.54. The van der Waals surface area contributed by atoms with Gasteiger partial charge < -0.3 is 5.73 Å². The molecule has 2 aromatic rings. The summed E-state index contributed by atoms with van der Waals surface area (Å²) in [7, 11) is -3.81. The highest BCUT2D eigenvalue weighted by atomic mass is 35.5. The van der Waals surface area contributed by atoms with Crippen molar-refractivity contribution in [1.29, 1.82) is 0 Å². The van der Waals surface area contributed by atoms with Crippen LogP contribution in [0.5, 0.6) is 0 Å². The zero-order chi connectivity index (χ0) is 18.6. The van der Waals surface area contributed by atoms with E-state index in [4.69, 9.17) is 5.73 Å². The second kappa shape index (κ2) is 9.46. The molecule has 0 aliphatic heterocycles. The van der Waals surface area contributed by atoms with Crippen LogP contribution in [0, 0.1) is 5.92 Å². The maximum absolute atomic E-state index is 13.0. The smallest absolute Gasteiger partial charge is 0.241 e. The van der Waals surface area contributed by atoms with Gasteiger partial charge in [-0.2, -0.15) is 0 Å². The molecule has 27 heavy (non-hydrogen) atoms. The number of nitrogens with two attached hydrogens (primary N) is 1. The van der Waals surface area contributed by atoms with Gasteiger partial charge in [0.2, 0.25) is 10.0 Å². The van der Waals surface area contributed by atoms with E-state index >= 15 is 0 Å². The lowest BCUT2D eigenvalue weighted by Gasteiger charge is -2.31. The summed E-state index contributed by atoms with van der Waals surface area (Å²) in [6.45, 7) is 0.456. The van der Waals surface area contributed by atoms with Crippen LogP contribution in [-0.4, -0.2) is 26.8 Å². The Balaban J connectivity index is 0.00000261. The van der Waals surface area contributed by atoms with Gasteiger partial charge in [-0.15, -0.1) is 12.4 Å². The number of ketones is 1. The third kappa shape index (κ3) is 4.96. The lowest BCUT2D eigenvalue weighted by Crippen LogP contribution is -2.44. The van der Waals surface area contributed by atoms with Crippen LogP contribution in [0.1, 0.15) is 41.6 Å². The molecule has 0 saturated heterocycles. The minimum Gasteiger partial charge on any atom is -0.330 e. The molecule has 2 unspecified atom stereocenters. The molecule has 146 valence electrons. The fraction of sp³-hybridized carbons (Fsp3) is 0.350. The topological polar surface area (TPSA) is 89.3 Å². The van der Waals surface area contributed by atoms with E-state index in [0.717, 1.165) is 25.7 Å². The second-order valence-corrected chi connectivity index (χ2v) is 8.38. The number of hydrogen-bond acceptors (Lipinski definition) is 4. The average molecular weight is 409 g/mol. The molecule has 2 aromatic carbocycles. The van der Waals surface area contributed by atoms with Gasteiger partial charge in [0.25, 0.3) is 0 Å². The number of nitrogens with one attached hydrogen (secondary N) is 1. The first-order chi connectivity index (χ1) is 12.5. The first-order valence-corrected chi connectivity index (χ1v) is 10.4. The van der Waals surface area contributed by atoms with E-state index in [9.17, 15) is 13.2 Å². The Hall–Kier alpha value is -1.73. The number of halogens is 1. The fourth-order valence-corrected chi connectivity index (χ4v) is 5.09. The standard InChI is InChI=1S/C20H24N2O3S.ClH/c21-14-16-10-4-6-12-18(16)22-26(24,25)19-13-7-5-11-17(19)20(23)15-8-2-1-3-9-15;/h1-3,5,7-9,11,13,16,18,22H,4,6,10,12,14,21H2;1H. The highest BCUT2D eigenvalue weighted by Gasteiger charge is 2.30. The molecule has 5 nitrogen and oxygen atoms in total. The van der Waals surface area contributed by atoms with Gasteiger partial charge in [0.15, 0.2) is 5.78 Å². The van der Waals surface area contributed by atoms with E-state index in [1.54, 1.807) is 42.5 Å². The summed E-state index contributed by atoms with van der Waals surface area (Å²) in [6.07, 6.45) is 3.75. The van der Waals surface area contributed by atoms with Crippen molar-refractivity contribution >= 4 is 28.2 Å². The molecule has 0 aromatic heterocycles. The van der Waals surface area contributed by atoms with E-state index < -0.39 is 10.0 Å². The lowest BCUT2D eigenvalue weighted by atomic mass is 9.85. The van der Waals surface area contributed by atoms with Gasteiger partial charge in [0, 0.05) is 17.2 Å². The zero-order valence-electron chi connectivity index (χ0n) is 15.0. The summed E-state index contributed by atoms with van der Waals surface area (Å²) in [6, 6.07) is 14.9. The number of carbonyl (C=O) groups excluding carboxylic acids is 1. The highest BCUT2D eigenvalue weighted by molar-refractivity contribution is 7.89. The SMILES string of the molecule is Cl.NCC1CCCCC1NS(=O)(=O)c1ccccc1C(=O)c1ccccc1. The monoisotopic (exact) mass is 408 g/mol. The van der Waals surface area contributed by atoms with Gasteiger partial charge in [-0.25, -0.2) is 13.1 Å². The second-order valence-electron chi connectivity index (χ2n) is 6.70. The van der Waals surface area contributed by atoms with Crippen molar-refractivity contribution in [3.63, 3.8) is 0 Å². The zero-order valence-corrected chi connectivity index (χ0v) is 16.6. The Bertz CT molecular complexity index is 872. The molecular formula is C20H25ClN2O3S. The van der Waals surface area contributed by atoms with Gasteiger partial charge in [-0.1, -0.05) is 55.3 Å². The molecule has 1 aliphatic rings. The molecule has 3 N–H and O–H groups in total. The minimum atomic E-state index is -3.81. The maximum atomic E-state index is 13.0. The molecule has 7 heteroatoms. The molecule has 1 saturated carbocycles. The van der Waals surface area contributed by atoms with Crippen LogP contribution < -0.4 is 10.5 Å². The summed E-state index contributed by atoms with van der Waals surface area (Å²) in [5.41, 5.74) is 6.47. The lowest BCUT2D eigenvalue weighted by molar-refractivity contribution is 0.103. The molecule has 0 radical (unpaired) electrons. The Morgan fingerprint density at radius 3 is 2.33 bits per heavy atom. The van der Waals surface area contributed by atoms with Crippen molar-refractivity contribution in [3.05, 3.63) is 65.7 Å². The normalized spacial score (nSPS) is 19.9. The number of carbonyl (C=O) groups is 1. The van der Waals surface area contributed by atoms with Crippen LogP contribution in [0.4, 0.5) is 0 Å². The molecule has 0 heterocycles. The summed E-state index contributed by atoms with van der Waals surface area (Å²) in [5, 5.41) is 0. The largest absolute Gasteiger partial charge is 0.330 e.